The second-order valence-corrected chi connectivity index (χ2v) is 17.8. The summed E-state index contributed by atoms with van der Waals surface area (Å²) in [6, 6.07) is 2.36. The second-order valence-electron chi connectivity index (χ2n) is 16.6. The van der Waals surface area contributed by atoms with E-state index in [1.165, 1.54) is 27.2 Å². The van der Waals surface area contributed by atoms with Gasteiger partial charge in [-0.25, -0.2) is 9.59 Å². The summed E-state index contributed by atoms with van der Waals surface area (Å²) < 4.78 is 34.3. The van der Waals surface area contributed by atoms with Gasteiger partial charge in [-0.05, 0) is 78.5 Å². The van der Waals surface area contributed by atoms with Crippen LogP contribution in [0.2, 0.25) is 0 Å². The number of halogens is 1. The van der Waals surface area contributed by atoms with Crippen molar-refractivity contribution in [2.24, 2.45) is 11.3 Å². The van der Waals surface area contributed by atoms with Crippen molar-refractivity contribution in [1.29, 1.82) is 0 Å². The van der Waals surface area contributed by atoms with Gasteiger partial charge in [-0.1, -0.05) is 25.1 Å². The second kappa shape index (κ2) is 17.7. The number of hydrogen-bond acceptors (Lipinski definition) is 17. The maximum Gasteiger partial charge on any atom is 0.407 e. The molecule has 4 aliphatic carbocycles. The Bertz CT molecular complexity index is 2460. The van der Waals surface area contributed by atoms with Crippen molar-refractivity contribution in [3.05, 3.63) is 89.7 Å². The molecule has 1 amide bonds. The molecular weight excluding hydrogens is 951 g/mol. The topological polar surface area (TPSA) is 263 Å². The van der Waals surface area contributed by atoms with E-state index in [1.807, 2.05) is 13.0 Å². The number of methoxy groups -OCH3 is 3. The predicted molar refractivity (Wildman–Crippen MR) is 232 cm³/mol. The predicted octanol–water partition coefficient (Wildman–Crippen LogP) is 3.06. The van der Waals surface area contributed by atoms with Gasteiger partial charge in [-0.15, -0.1) is 0 Å². The van der Waals surface area contributed by atoms with Crippen molar-refractivity contribution in [3.8, 4) is 11.5 Å². The van der Waals surface area contributed by atoms with Crippen LogP contribution in [0, 0.1) is 18.3 Å². The minimum Gasteiger partial charge on any atom is -0.506 e. The van der Waals surface area contributed by atoms with Crippen LogP contribution in [0.25, 0.3) is 0 Å². The summed E-state index contributed by atoms with van der Waals surface area (Å²) in [5, 5.41) is 52.8. The number of benzene rings is 2. The van der Waals surface area contributed by atoms with Crippen molar-refractivity contribution in [2.45, 2.75) is 82.9 Å². The van der Waals surface area contributed by atoms with Crippen LogP contribution in [0.15, 0.2) is 45.2 Å². The number of nitrogens with one attached hydrogen (secondary N) is 2. The van der Waals surface area contributed by atoms with E-state index in [-0.39, 0.29) is 65.8 Å². The van der Waals surface area contributed by atoms with E-state index in [4.69, 9.17) is 28.4 Å². The first kappa shape index (κ1) is 46.9. The third-order valence-electron chi connectivity index (χ3n) is 12.8. The van der Waals surface area contributed by atoms with E-state index < -0.39 is 111 Å². The Morgan fingerprint density at radius 2 is 1.70 bits per heavy atom. The number of allylic oxidation sites excluding steroid dienone is 4. The lowest BCUT2D eigenvalue weighted by molar-refractivity contribution is -0.236. The fourth-order valence-electron chi connectivity index (χ4n) is 9.40. The van der Waals surface area contributed by atoms with Gasteiger partial charge < -0.3 is 59.5 Å². The molecule has 1 fully saturated rings. The normalized spacial score (nSPS) is 29.5. The largest absolute Gasteiger partial charge is 0.506 e. The summed E-state index contributed by atoms with van der Waals surface area (Å²) in [7, 11) is 3.78. The molecule has 1 saturated heterocycles. The fraction of sp³-hybridized carbons (Fsp3) is 0.467. The van der Waals surface area contributed by atoms with Crippen molar-refractivity contribution in [1.82, 2.24) is 10.6 Å². The van der Waals surface area contributed by atoms with Gasteiger partial charge in [0.15, 0.2) is 23.4 Å². The molecule has 2 aromatic rings. The van der Waals surface area contributed by atoms with Gasteiger partial charge in [0.25, 0.3) is 0 Å². The fourth-order valence-corrected chi connectivity index (χ4v) is 9.99. The van der Waals surface area contributed by atoms with Gasteiger partial charge in [0, 0.05) is 47.0 Å². The monoisotopic (exact) mass is 1000 g/mol. The summed E-state index contributed by atoms with van der Waals surface area (Å²) in [6.07, 6.45) is -2.12. The number of ether oxygens (including phenoxy) is 6. The van der Waals surface area contributed by atoms with Gasteiger partial charge in [0.1, 0.15) is 48.6 Å². The molecule has 19 heteroatoms. The standard InChI is InChI=1S/C45H49IN2O16/c1-18-8-9-25(46)22(12-18)17-63-43(57)47-10-11-62-37-29(42(56)61-7)19(2)13-21-14-28(50)44(4)40(55)31-24(39(54)45(44,58)32(21)37)15-23-30(34(31)52)27(49)16-26(33(23)51)48-41-38(60-6)35(53)36(59-5)20(3)64-41/h9,12-13,15-16,18,20,28,35-36,38,41,48,50,52-53,58H,8,10-11,14,17H2,1-7H3,(H,47,57)/t18?,20-,28+,35+,36-,38+,41?,44-,45-/m0/s1. The highest BCUT2D eigenvalue weighted by Crippen LogP contribution is 2.59. The molecule has 0 spiro atoms. The number of alkyl carbamates (subject to hydrolysis) is 1. The zero-order valence-corrected chi connectivity index (χ0v) is 38.2. The number of Topliss-reactive ketones (excluding diaryl/α,β-unsaturated/α-hetero) is 3. The molecule has 9 atom stereocenters. The smallest absolute Gasteiger partial charge is 0.407 e. The molecule has 2 unspecified atom stereocenters. The van der Waals surface area contributed by atoms with Crippen molar-refractivity contribution < 1.29 is 77.6 Å². The molecule has 0 bridgehead atoms. The molecule has 0 saturated carbocycles. The minimum absolute atomic E-state index is 0.0176. The lowest BCUT2D eigenvalue weighted by Gasteiger charge is -2.52. The zero-order valence-electron chi connectivity index (χ0n) is 36.0. The van der Waals surface area contributed by atoms with Crippen molar-refractivity contribution in [3.63, 3.8) is 0 Å². The highest BCUT2D eigenvalue weighted by atomic mass is 127. The molecule has 1 aliphatic heterocycles. The number of carbonyl (C=O) groups is 6. The Hall–Kier alpha value is -5.03. The Kier molecular flexibility index (Phi) is 13.0. The zero-order chi connectivity index (χ0) is 46.7. The van der Waals surface area contributed by atoms with Gasteiger partial charge in [-0.2, -0.15) is 0 Å². The Balaban J connectivity index is 1.25. The Labute approximate surface area is 381 Å². The SMILES string of the molecule is COC(=O)c1c(C)cc2c(c1OCCNC(=O)OCC1=CC(C)CC=C1I)[C@]1(O)C(=O)c3cc4c(c(O)c3C(=O)[C@]1(C)[C@H](O)C2)C(=O)C=C(NC1O[C@@H](C)[C@H](OC)[C@@H](O)[C@H]1OC)C4=O. The van der Waals surface area contributed by atoms with E-state index in [1.54, 1.807) is 6.92 Å². The summed E-state index contributed by atoms with van der Waals surface area (Å²) in [4.78, 5) is 84.1. The molecule has 0 aromatic heterocycles. The molecule has 5 aliphatic rings. The van der Waals surface area contributed by atoms with E-state index in [9.17, 15) is 44.4 Å². The number of aromatic hydroxyl groups is 1. The molecular formula is C45H49IN2O16. The number of fused-ring (bicyclic) bond motifs is 5. The van der Waals surface area contributed by atoms with Crippen LogP contribution < -0.4 is 15.4 Å². The number of aliphatic hydroxyl groups is 3. The van der Waals surface area contributed by atoms with Crippen LogP contribution in [0.1, 0.15) is 95.7 Å². The highest BCUT2D eigenvalue weighted by Gasteiger charge is 2.69. The molecule has 6 N–H and O–H groups in total. The number of ketones is 4. The summed E-state index contributed by atoms with van der Waals surface area (Å²) >= 11 is 2.17. The van der Waals surface area contributed by atoms with E-state index in [0.717, 1.165) is 41.7 Å². The first-order valence-electron chi connectivity index (χ1n) is 20.5. The average Bonchev–Trinajstić information content (AvgIpc) is 3.24. The quantitative estimate of drug-likeness (QED) is 0.107. The maximum absolute atomic E-state index is 15.1. The highest BCUT2D eigenvalue weighted by molar-refractivity contribution is 14.1. The van der Waals surface area contributed by atoms with Crippen molar-refractivity contribution in [2.75, 3.05) is 41.1 Å². The van der Waals surface area contributed by atoms with Gasteiger partial charge in [0.2, 0.25) is 11.6 Å². The Morgan fingerprint density at radius 3 is 2.38 bits per heavy atom. The third-order valence-corrected chi connectivity index (χ3v) is 13.9. The number of phenols is 1. The van der Waals surface area contributed by atoms with Crippen LogP contribution in [-0.2, 0) is 35.7 Å². The number of aliphatic hydroxyl groups excluding tert-OH is 2. The number of esters is 1. The van der Waals surface area contributed by atoms with Gasteiger partial charge >= 0.3 is 12.1 Å². The summed E-state index contributed by atoms with van der Waals surface area (Å²) in [6.45, 7) is 5.79. The van der Waals surface area contributed by atoms with E-state index >= 15 is 4.79 Å². The molecule has 18 nitrogen and oxygen atoms in total. The number of carbonyl (C=O) groups excluding carboxylic acids is 6. The summed E-state index contributed by atoms with van der Waals surface area (Å²) in [5.41, 5.74) is -7.73. The van der Waals surface area contributed by atoms with Crippen LogP contribution >= 0.6 is 22.6 Å². The molecule has 7 rings (SSSR count). The maximum atomic E-state index is 15.1. The average molecular weight is 1000 g/mol. The first-order valence-corrected chi connectivity index (χ1v) is 21.6. The molecule has 1 heterocycles. The van der Waals surface area contributed by atoms with Crippen LogP contribution in [-0.4, -0.2) is 133 Å². The molecule has 0 radical (unpaired) electrons. The first-order chi connectivity index (χ1) is 30.3. The van der Waals surface area contributed by atoms with Crippen LogP contribution in [0.4, 0.5) is 4.79 Å². The molecule has 342 valence electrons. The number of phenolic OH excluding ortho intramolecular Hbond substituents is 1. The van der Waals surface area contributed by atoms with Crippen LogP contribution in [0.5, 0.6) is 11.5 Å². The molecule has 2 aromatic carbocycles. The molecule has 64 heavy (non-hydrogen) atoms. The van der Waals surface area contributed by atoms with Crippen molar-refractivity contribution >= 4 is 57.8 Å². The third kappa shape index (κ3) is 7.43. The number of amides is 1. The number of hydrogen-bond donors (Lipinski definition) is 6. The lowest BCUT2D eigenvalue weighted by Crippen LogP contribution is -2.65. The van der Waals surface area contributed by atoms with E-state index in [0.29, 0.717) is 0 Å². The lowest BCUT2D eigenvalue weighted by atomic mass is 9.51. The Morgan fingerprint density at radius 1 is 1.00 bits per heavy atom. The van der Waals surface area contributed by atoms with Crippen LogP contribution in [0.3, 0.4) is 0 Å². The number of rotatable bonds is 11. The number of aryl methyl sites for hydroxylation is 1. The minimum atomic E-state index is -3.04. The van der Waals surface area contributed by atoms with Gasteiger partial charge in [0.05, 0.1) is 48.1 Å². The summed E-state index contributed by atoms with van der Waals surface area (Å²) in [5.74, 6) is -6.34. The van der Waals surface area contributed by atoms with E-state index in [2.05, 4.69) is 39.3 Å². The van der Waals surface area contributed by atoms with Gasteiger partial charge in [-0.3, -0.25) is 19.2 Å².